The van der Waals surface area contributed by atoms with Crippen molar-refractivity contribution in [3.63, 3.8) is 0 Å². The van der Waals surface area contributed by atoms with Crippen LogP contribution < -0.4 is 4.90 Å². The molecule has 0 aromatic heterocycles. The van der Waals surface area contributed by atoms with E-state index >= 15 is 0 Å². The van der Waals surface area contributed by atoms with Crippen LogP contribution in [0.5, 0.6) is 0 Å². The Balaban J connectivity index is 1.59. The summed E-state index contributed by atoms with van der Waals surface area (Å²) < 4.78 is 0. The number of rotatable bonds is 3. The molecule has 4 nitrogen and oxygen atoms in total. The number of nitrogens with zero attached hydrogens (tertiary/aromatic N) is 2. The minimum Gasteiger partial charge on any atom is -0.324 e. The van der Waals surface area contributed by atoms with E-state index in [1.165, 1.54) is 5.56 Å². The molecule has 2 amide bonds. The van der Waals surface area contributed by atoms with Gasteiger partial charge in [0.25, 0.3) is 0 Å². The molecule has 3 rings (SSSR count). The topological polar surface area (TPSA) is 40.6 Å². The van der Waals surface area contributed by atoms with Crippen LogP contribution in [0.2, 0.25) is 0 Å². The Hall–Kier alpha value is -2.62. The lowest BCUT2D eigenvalue weighted by atomic mass is 9.89. The van der Waals surface area contributed by atoms with Gasteiger partial charge in [0.05, 0.1) is 0 Å². The van der Waals surface area contributed by atoms with Crippen molar-refractivity contribution in [1.82, 2.24) is 4.90 Å². The van der Waals surface area contributed by atoms with Crippen molar-refractivity contribution >= 4 is 17.5 Å². The van der Waals surface area contributed by atoms with E-state index in [1.807, 2.05) is 66.4 Å². The van der Waals surface area contributed by atoms with Gasteiger partial charge >= 0.3 is 6.03 Å². The Labute approximate surface area is 149 Å². The second-order valence-corrected chi connectivity index (χ2v) is 6.67. The number of carbonyl (C=O) groups is 2. The van der Waals surface area contributed by atoms with E-state index < -0.39 is 0 Å². The first-order chi connectivity index (χ1) is 12.1. The van der Waals surface area contributed by atoms with Crippen LogP contribution in [0.15, 0.2) is 54.6 Å². The zero-order valence-corrected chi connectivity index (χ0v) is 14.8. The number of hydrogen-bond acceptors (Lipinski definition) is 2. The normalized spacial score (nSPS) is 15.0. The maximum atomic E-state index is 12.7. The van der Waals surface area contributed by atoms with Crippen molar-refractivity contribution in [2.75, 3.05) is 25.0 Å². The molecule has 1 fully saturated rings. The van der Waals surface area contributed by atoms with Crippen molar-refractivity contribution in [2.45, 2.75) is 19.8 Å². The van der Waals surface area contributed by atoms with Gasteiger partial charge in [0, 0.05) is 37.3 Å². The number of benzene rings is 2. The van der Waals surface area contributed by atoms with Crippen LogP contribution >= 0.6 is 0 Å². The Bertz CT molecular complexity index is 732. The molecule has 0 spiro atoms. The summed E-state index contributed by atoms with van der Waals surface area (Å²) in [6, 6.07) is 17.3. The molecule has 1 aliphatic heterocycles. The molecule has 1 aliphatic rings. The van der Waals surface area contributed by atoms with E-state index in [2.05, 4.69) is 0 Å². The molecule has 0 radical (unpaired) electrons. The van der Waals surface area contributed by atoms with Crippen molar-refractivity contribution < 1.29 is 9.59 Å². The first-order valence-corrected chi connectivity index (χ1v) is 8.75. The second-order valence-electron chi connectivity index (χ2n) is 6.67. The zero-order valence-electron chi connectivity index (χ0n) is 14.8. The highest BCUT2D eigenvalue weighted by Crippen LogP contribution is 2.23. The standard InChI is InChI=1S/C21H24N2O2/c1-16-8-10-19(11-9-16)22(2)21(25)23-14-12-18(13-15-23)20(24)17-6-4-3-5-7-17/h3-11,18H,12-15H2,1-2H3. The van der Waals surface area contributed by atoms with E-state index in [4.69, 9.17) is 0 Å². The third-order valence-electron chi connectivity index (χ3n) is 4.90. The number of Topliss-reactive ketones (excluding diaryl/α,β-unsaturated/α-hetero) is 1. The van der Waals surface area contributed by atoms with E-state index in [0.29, 0.717) is 13.1 Å². The lowest BCUT2D eigenvalue weighted by Crippen LogP contribution is -2.46. The molecule has 130 valence electrons. The summed E-state index contributed by atoms with van der Waals surface area (Å²) in [5, 5.41) is 0. The quantitative estimate of drug-likeness (QED) is 0.790. The van der Waals surface area contributed by atoms with Gasteiger partial charge in [-0.15, -0.1) is 0 Å². The molecule has 0 unspecified atom stereocenters. The highest BCUT2D eigenvalue weighted by Gasteiger charge is 2.29. The van der Waals surface area contributed by atoms with Gasteiger partial charge in [0.1, 0.15) is 0 Å². The van der Waals surface area contributed by atoms with Crippen LogP contribution in [0.3, 0.4) is 0 Å². The van der Waals surface area contributed by atoms with E-state index in [1.54, 1.807) is 11.9 Å². The molecule has 4 heteroatoms. The van der Waals surface area contributed by atoms with Crippen molar-refractivity contribution in [1.29, 1.82) is 0 Å². The van der Waals surface area contributed by atoms with Gasteiger partial charge < -0.3 is 4.90 Å². The SMILES string of the molecule is Cc1ccc(N(C)C(=O)N2CCC(C(=O)c3ccccc3)CC2)cc1. The summed E-state index contributed by atoms with van der Waals surface area (Å²) in [6.45, 7) is 3.27. The minimum absolute atomic E-state index is 0.00513. The molecular formula is C21H24N2O2. The van der Waals surface area contributed by atoms with Crippen molar-refractivity contribution in [3.8, 4) is 0 Å². The first kappa shape index (κ1) is 17.2. The molecule has 25 heavy (non-hydrogen) atoms. The molecular weight excluding hydrogens is 312 g/mol. The number of hydrogen-bond donors (Lipinski definition) is 0. The number of carbonyl (C=O) groups excluding carboxylic acids is 2. The van der Waals surface area contributed by atoms with E-state index in [-0.39, 0.29) is 17.7 Å². The van der Waals surface area contributed by atoms with Gasteiger partial charge in [0.15, 0.2) is 5.78 Å². The number of aryl methyl sites for hydroxylation is 1. The highest BCUT2D eigenvalue weighted by atomic mass is 16.2. The minimum atomic E-state index is -0.00513. The molecule has 0 N–H and O–H groups in total. The predicted molar refractivity (Wildman–Crippen MR) is 100 cm³/mol. The predicted octanol–water partition coefficient (Wildman–Crippen LogP) is 4.15. The lowest BCUT2D eigenvalue weighted by Gasteiger charge is -2.34. The smallest absolute Gasteiger partial charge is 0.324 e. The van der Waals surface area contributed by atoms with Gasteiger partial charge in [-0.05, 0) is 31.9 Å². The number of ketones is 1. The average Bonchev–Trinajstić information content (AvgIpc) is 2.67. The molecule has 2 aromatic carbocycles. The Morgan fingerprint density at radius 1 is 0.960 bits per heavy atom. The van der Waals surface area contributed by atoms with Crippen molar-refractivity contribution in [2.24, 2.45) is 5.92 Å². The summed E-state index contributed by atoms with van der Waals surface area (Å²) in [5.41, 5.74) is 2.83. The summed E-state index contributed by atoms with van der Waals surface area (Å²) in [5.74, 6) is 0.204. The number of likely N-dealkylation sites (tertiary alicyclic amines) is 1. The molecule has 0 saturated carbocycles. The molecule has 0 atom stereocenters. The summed E-state index contributed by atoms with van der Waals surface area (Å²) in [4.78, 5) is 28.8. The van der Waals surface area contributed by atoms with E-state index in [0.717, 1.165) is 24.1 Å². The summed E-state index contributed by atoms with van der Waals surface area (Å²) in [6.07, 6.45) is 1.45. The van der Waals surface area contributed by atoms with Gasteiger partial charge in [-0.2, -0.15) is 0 Å². The number of urea groups is 1. The fourth-order valence-electron chi connectivity index (χ4n) is 3.26. The largest absolute Gasteiger partial charge is 0.324 e. The maximum Gasteiger partial charge on any atom is 0.324 e. The molecule has 2 aromatic rings. The van der Waals surface area contributed by atoms with Crippen LogP contribution in [-0.4, -0.2) is 36.9 Å². The Morgan fingerprint density at radius 2 is 1.56 bits per heavy atom. The monoisotopic (exact) mass is 336 g/mol. The molecule has 0 bridgehead atoms. The van der Waals surface area contributed by atoms with Gasteiger partial charge in [-0.3, -0.25) is 9.69 Å². The fourth-order valence-corrected chi connectivity index (χ4v) is 3.26. The average molecular weight is 336 g/mol. The van der Waals surface area contributed by atoms with Crippen LogP contribution in [0.4, 0.5) is 10.5 Å². The third kappa shape index (κ3) is 3.90. The molecule has 1 saturated heterocycles. The number of amides is 2. The van der Waals surface area contributed by atoms with Gasteiger partial charge in [0.2, 0.25) is 0 Å². The fraction of sp³-hybridized carbons (Fsp3) is 0.333. The lowest BCUT2D eigenvalue weighted by molar-refractivity contribution is 0.0857. The Kier molecular flexibility index (Phi) is 5.17. The van der Waals surface area contributed by atoms with Crippen LogP contribution in [0.25, 0.3) is 0 Å². The zero-order chi connectivity index (χ0) is 17.8. The summed E-state index contributed by atoms with van der Waals surface area (Å²) >= 11 is 0. The molecule has 0 aliphatic carbocycles. The van der Waals surface area contributed by atoms with Gasteiger partial charge in [-0.25, -0.2) is 4.79 Å². The number of piperidine rings is 1. The van der Waals surface area contributed by atoms with Gasteiger partial charge in [-0.1, -0.05) is 48.0 Å². The van der Waals surface area contributed by atoms with Crippen LogP contribution in [0, 0.1) is 12.8 Å². The second kappa shape index (κ2) is 7.51. The maximum absolute atomic E-state index is 12.7. The Morgan fingerprint density at radius 3 is 2.16 bits per heavy atom. The van der Waals surface area contributed by atoms with Crippen LogP contribution in [0.1, 0.15) is 28.8 Å². The van der Waals surface area contributed by atoms with E-state index in [9.17, 15) is 9.59 Å². The highest BCUT2D eigenvalue weighted by molar-refractivity contribution is 5.98. The third-order valence-corrected chi connectivity index (χ3v) is 4.90. The summed E-state index contributed by atoms with van der Waals surface area (Å²) in [7, 11) is 1.80. The first-order valence-electron chi connectivity index (χ1n) is 8.75. The number of anilines is 1. The molecule has 1 heterocycles. The van der Waals surface area contributed by atoms with Crippen LogP contribution in [-0.2, 0) is 0 Å². The van der Waals surface area contributed by atoms with Crippen molar-refractivity contribution in [3.05, 3.63) is 65.7 Å².